The Morgan fingerprint density at radius 2 is 1.85 bits per heavy atom. The molecule has 7 nitrogen and oxygen atoms in total. The third-order valence-electron chi connectivity index (χ3n) is 3.50. The average molecular weight is 350 g/mol. The number of nitrogens with one attached hydrogen (secondary N) is 1. The van der Waals surface area contributed by atoms with Gasteiger partial charge in [0.1, 0.15) is 17.4 Å². The third kappa shape index (κ3) is 4.19. The molecule has 0 spiro atoms. The molecule has 26 heavy (non-hydrogen) atoms. The van der Waals surface area contributed by atoms with E-state index in [1.165, 1.54) is 32.4 Å². The van der Waals surface area contributed by atoms with E-state index in [0.717, 1.165) is 4.90 Å². The molecule has 2 rings (SSSR count). The highest BCUT2D eigenvalue weighted by Crippen LogP contribution is 2.24. The standard InChI is InChI=1S/C19H18N4O3/c1-13(24)23(16-9-7-15(21)8-10-16)19(25)14(11-20)12-22-17-5-3-4-6-18(17)26-2/h3-10,12,22H,21H2,1-2H3/b14-12-. The normalized spacial score (nSPS) is 10.6. The molecule has 7 heteroatoms. The van der Waals surface area contributed by atoms with Crippen molar-refractivity contribution in [2.75, 3.05) is 23.1 Å². The fourth-order valence-corrected chi connectivity index (χ4v) is 2.24. The van der Waals surface area contributed by atoms with Gasteiger partial charge >= 0.3 is 0 Å². The lowest BCUT2D eigenvalue weighted by Crippen LogP contribution is -2.36. The Morgan fingerprint density at radius 3 is 2.42 bits per heavy atom. The monoisotopic (exact) mass is 350 g/mol. The largest absolute Gasteiger partial charge is 0.495 e. The number of rotatable bonds is 5. The average Bonchev–Trinajstić information content (AvgIpc) is 2.64. The van der Waals surface area contributed by atoms with Crippen LogP contribution in [0.25, 0.3) is 0 Å². The number of hydrogen-bond acceptors (Lipinski definition) is 6. The molecule has 0 aliphatic carbocycles. The first-order chi connectivity index (χ1) is 12.5. The summed E-state index contributed by atoms with van der Waals surface area (Å²) in [6, 6.07) is 15.1. The lowest BCUT2D eigenvalue weighted by atomic mass is 10.2. The van der Waals surface area contributed by atoms with E-state index in [9.17, 15) is 14.9 Å². The first kappa shape index (κ1) is 18.5. The second-order valence-electron chi connectivity index (χ2n) is 5.27. The predicted octanol–water partition coefficient (Wildman–Crippen LogP) is 2.68. The first-order valence-corrected chi connectivity index (χ1v) is 7.68. The van der Waals surface area contributed by atoms with E-state index in [-0.39, 0.29) is 5.57 Å². The van der Waals surface area contributed by atoms with Gasteiger partial charge in [0.05, 0.1) is 18.5 Å². The molecular formula is C19H18N4O3. The highest BCUT2D eigenvalue weighted by atomic mass is 16.5. The van der Waals surface area contributed by atoms with Gasteiger partial charge < -0.3 is 15.8 Å². The van der Waals surface area contributed by atoms with Crippen molar-refractivity contribution in [2.45, 2.75) is 6.92 Å². The number of nitrogen functional groups attached to an aromatic ring is 1. The van der Waals surface area contributed by atoms with Gasteiger partial charge in [0.15, 0.2) is 0 Å². The number of anilines is 3. The number of hydrogen-bond donors (Lipinski definition) is 2. The number of carbonyl (C=O) groups is 2. The van der Waals surface area contributed by atoms with Crippen LogP contribution in [-0.2, 0) is 9.59 Å². The number of benzene rings is 2. The molecule has 0 fully saturated rings. The molecule has 0 bridgehead atoms. The van der Waals surface area contributed by atoms with Gasteiger partial charge in [-0.05, 0) is 36.4 Å². The lowest BCUT2D eigenvalue weighted by Gasteiger charge is -2.19. The van der Waals surface area contributed by atoms with Crippen molar-refractivity contribution < 1.29 is 14.3 Å². The minimum Gasteiger partial charge on any atom is -0.495 e. The fourth-order valence-electron chi connectivity index (χ4n) is 2.24. The fraction of sp³-hybridized carbons (Fsp3) is 0.105. The molecule has 0 radical (unpaired) electrons. The maximum Gasteiger partial charge on any atom is 0.277 e. The number of ether oxygens (including phenoxy) is 1. The minimum atomic E-state index is -0.743. The van der Waals surface area contributed by atoms with Crippen LogP contribution in [0.5, 0.6) is 5.75 Å². The van der Waals surface area contributed by atoms with Gasteiger partial charge in [-0.1, -0.05) is 12.1 Å². The van der Waals surface area contributed by atoms with Crippen molar-refractivity contribution in [3.8, 4) is 11.8 Å². The highest BCUT2D eigenvalue weighted by molar-refractivity contribution is 6.21. The molecule has 0 atom stereocenters. The van der Waals surface area contributed by atoms with Crippen LogP contribution in [0.4, 0.5) is 17.1 Å². The Labute approximate surface area is 151 Å². The van der Waals surface area contributed by atoms with Crippen LogP contribution < -0.4 is 20.7 Å². The molecule has 0 saturated carbocycles. The Hall–Kier alpha value is -3.79. The number of carbonyl (C=O) groups excluding carboxylic acids is 2. The van der Waals surface area contributed by atoms with Crippen LogP contribution in [0.2, 0.25) is 0 Å². The van der Waals surface area contributed by atoms with Crippen molar-refractivity contribution in [3.63, 3.8) is 0 Å². The van der Waals surface area contributed by atoms with E-state index in [1.807, 2.05) is 6.07 Å². The summed E-state index contributed by atoms with van der Waals surface area (Å²) in [5.41, 5.74) is 6.81. The quantitative estimate of drug-likeness (QED) is 0.487. The topological polar surface area (TPSA) is 108 Å². The molecule has 3 N–H and O–H groups in total. The second kappa shape index (κ2) is 8.35. The SMILES string of the molecule is COc1ccccc1N/C=C(/C#N)C(=O)N(C(C)=O)c1ccc(N)cc1. The molecule has 2 amide bonds. The molecule has 0 aliphatic rings. The molecule has 0 aromatic heterocycles. The van der Waals surface area contributed by atoms with Gasteiger partial charge in [-0.3, -0.25) is 9.59 Å². The van der Waals surface area contributed by atoms with Crippen LogP contribution in [0, 0.1) is 11.3 Å². The van der Waals surface area contributed by atoms with Gasteiger partial charge in [-0.25, -0.2) is 4.90 Å². The molecule has 0 saturated heterocycles. The van der Waals surface area contributed by atoms with Gasteiger partial charge in [0.2, 0.25) is 5.91 Å². The number of methoxy groups -OCH3 is 1. The van der Waals surface area contributed by atoms with Gasteiger partial charge in [-0.2, -0.15) is 5.26 Å². The molecule has 0 heterocycles. The van der Waals surface area contributed by atoms with Crippen molar-refractivity contribution in [1.29, 1.82) is 5.26 Å². The Kier molecular flexibility index (Phi) is 5.96. The summed E-state index contributed by atoms with van der Waals surface area (Å²) in [4.78, 5) is 25.6. The third-order valence-corrected chi connectivity index (χ3v) is 3.50. The van der Waals surface area contributed by atoms with Crippen LogP contribution >= 0.6 is 0 Å². The Balaban J connectivity index is 2.32. The summed E-state index contributed by atoms with van der Waals surface area (Å²) in [6.07, 6.45) is 1.24. The predicted molar refractivity (Wildman–Crippen MR) is 99.3 cm³/mol. The maximum atomic E-state index is 12.7. The number of imide groups is 1. The van der Waals surface area contributed by atoms with Crippen LogP contribution in [-0.4, -0.2) is 18.9 Å². The number of nitrogens with zero attached hydrogens (tertiary/aromatic N) is 2. The zero-order valence-corrected chi connectivity index (χ0v) is 14.4. The van der Waals surface area contributed by atoms with E-state index >= 15 is 0 Å². The van der Waals surface area contributed by atoms with Gasteiger partial charge in [0.25, 0.3) is 5.91 Å². The van der Waals surface area contributed by atoms with Gasteiger partial charge in [-0.15, -0.1) is 0 Å². The Bertz CT molecular complexity index is 882. The summed E-state index contributed by atoms with van der Waals surface area (Å²) in [6.45, 7) is 1.25. The molecule has 132 valence electrons. The van der Waals surface area contributed by atoms with Crippen molar-refractivity contribution in [2.24, 2.45) is 0 Å². The summed E-state index contributed by atoms with van der Waals surface area (Å²) >= 11 is 0. The molecule has 0 aliphatic heterocycles. The number of amides is 2. The van der Waals surface area contributed by atoms with Crippen LogP contribution in [0.3, 0.4) is 0 Å². The number of nitrogens with two attached hydrogens (primary N) is 1. The summed E-state index contributed by atoms with van der Waals surface area (Å²) < 4.78 is 5.20. The van der Waals surface area contributed by atoms with E-state index in [0.29, 0.717) is 22.8 Å². The van der Waals surface area contributed by atoms with Gasteiger partial charge in [0, 0.05) is 18.8 Å². The van der Waals surface area contributed by atoms with E-state index in [1.54, 1.807) is 36.4 Å². The summed E-state index contributed by atoms with van der Waals surface area (Å²) in [5, 5.41) is 12.2. The molecule has 0 unspecified atom stereocenters. The molecule has 2 aromatic carbocycles. The van der Waals surface area contributed by atoms with Crippen molar-refractivity contribution >= 4 is 28.9 Å². The molecular weight excluding hydrogens is 332 g/mol. The highest BCUT2D eigenvalue weighted by Gasteiger charge is 2.24. The van der Waals surface area contributed by atoms with Crippen LogP contribution in [0.1, 0.15) is 6.92 Å². The zero-order chi connectivity index (χ0) is 19.1. The first-order valence-electron chi connectivity index (χ1n) is 7.68. The number of para-hydroxylation sites is 2. The minimum absolute atomic E-state index is 0.233. The molecule has 2 aromatic rings. The van der Waals surface area contributed by atoms with E-state index in [4.69, 9.17) is 10.5 Å². The second-order valence-corrected chi connectivity index (χ2v) is 5.27. The Morgan fingerprint density at radius 1 is 1.19 bits per heavy atom. The van der Waals surface area contributed by atoms with E-state index < -0.39 is 11.8 Å². The smallest absolute Gasteiger partial charge is 0.277 e. The zero-order valence-electron chi connectivity index (χ0n) is 14.4. The van der Waals surface area contributed by atoms with E-state index in [2.05, 4.69) is 5.32 Å². The maximum absolute atomic E-state index is 12.7. The van der Waals surface area contributed by atoms with Crippen molar-refractivity contribution in [3.05, 3.63) is 60.3 Å². The lowest BCUT2D eigenvalue weighted by molar-refractivity contribution is -0.123. The van der Waals surface area contributed by atoms with Crippen molar-refractivity contribution in [1.82, 2.24) is 0 Å². The van der Waals surface area contributed by atoms with Crippen LogP contribution in [0.15, 0.2) is 60.3 Å². The number of nitriles is 1. The summed E-state index contributed by atoms with van der Waals surface area (Å²) in [5.74, 6) is -0.708. The summed E-state index contributed by atoms with van der Waals surface area (Å²) in [7, 11) is 1.51.